The van der Waals surface area contributed by atoms with Crippen LogP contribution in [0, 0.1) is 4.77 Å². The van der Waals surface area contributed by atoms with Gasteiger partial charge in [0.2, 0.25) is 0 Å². The lowest BCUT2D eigenvalue weighted by Crippen LogP contribution is -2.35. The molecule has 1 N–H and O–H groups in total. The van der Waals surface area contributed by atoms with Crippen LogP contribution in [-0.4, -0.2) is 31.7 Å². The monoisotopic (exact) mass is 410 g/mol. The molecule has 1 aliphatic rings. The first kappa shape index (κ1) is 17.4. The quantitative estimate of drug-likeness (QED) is 0.400. The Morgan fingerprint density at radius 2 is 1.80 bits per heavy atom. The third kappa shape index (κ3) is 2.57. The molecule has 0 bridgehead atoms. The number of hydrogen-bond donors (Lipinski definition) is 1. The van der Waals surface area contributed by atoms with Gasteiger partial charge in [-0.1, -0.05) is 36.4 Å². The maximum atomic E-state index is 13.2. The van der Waals surface area contributed by atoms with E-state index in [9.17, 15) is 4.79 Å². The van der Waals surface area contributed by atoms with Crippen LogP contribution in [0.3, 0.4) is 0 Å². The summed E-state index contributed by atoms with van der Waals surface area (Å²) >= 11 is 5.61. The van der Waals surface area contributed by atoms with Crippen LogP contribution in [-0.2, 0) is 13.0 Å². The van der Waals surface area contributed by atoms with Gasteiger partial charge in [-0.3, -0.25) is 9.20 Å². The second kappa shape index (κ2) is 6.50. The fourth-order valence-electron chi connectivity index (χ4n) is 4.41. The van der Waals surface area contributed by atoms with Crippen molar-refractivity contribution in [2.75, 3.05) is 6.54 Å². The Hall–Kier alpha value is -3.51. The Balaban J connectivity index is 1.44. The number of carbonyl (C=O) groups excluding carboxylic acids is 1. The number of imidazole rings is 1. The zero-order valence-corrected chi connectivity index (χ0v) is 16.9. The molecule has 30 heavy (non-hydrogen) atoms. The maximum Gasteiger partial charge on any atom is 0.254 e. The zero-order chi connectivity index (χ0) is 20.2. The lowest BCUT2D eigenvalue weighted by Gasteiger charge is -2.29. The highest BCUT2D eigenvalue weighted by molar-refractivity contribution is 7.71. The molecule has 0 fully saturated rings. The fourth-order valence-corrected chi connectivity index (χ4v) is 4.71. The average Bonchev–Trinajstić information content (AvgIpc) is 3.18. The lowest BCUT2D eigenvalue weighted by molar-refractivity contribution is 0.0735. The number of rotatable bonds is 1. The maximum absolute atomic E-state index is 13.2. The summed E-state index contributed by atoms with van der Waals surface area (Å²) in [6.45, 7) is 1.38. The molecule has 3 aromatic carbocycles. The van der Waals surface area contributed by atoms with Gasteiger partial charge in [0.15, 0.2) is 4.77 Å². The van der Waals surface area contributed by atoms with Crippen LogP contribution in [0.1, 0.15) is 21.5 Å². The minimum atomic E-state index is 0.0408. The molecular formula is C24H18N4OS. The van der Waals surface area contributed by atoms with Crippen molar-refractivity contribution in [2.24, 2.45) is 0 Å². The van der Waals surface area contributed by atoms with E-state index in [1.54, 1.807) is 0 Å². The van der Waals surface area contributed by atoms with Crippen LogP contribution >= 0.6 is 12.2 Å². The summed E-state index contributed by atoms with van der Waals surface area (Å²) in [5.41, 5.74) is 6.72. The van der Waals surface area contributed by atoms with Crippen LogP contribution in [0.5, 0.6) is 0 Å². The second-order valence-corrected chi connectivity index (χ2v) is 8.08. The predicted molar refractivity (Wildman–Crippen MR) is 120 cm³/mol. The van der Waals surface area contributed by atoms with Gasteiger partial charge < -0.3 is 9.88 Å². The molecule has 0 saturated heterocycles. The topological polar surface area (TPSA) is 53.4 Å². The van der Waals surface area contributed by atoms with Crippen LogP contribution < -0.4 is 0 Å². The molecule has 0 spiro atoms. The third-order valence-electron chi connectivity index (χ3n) is 5.93. The smallest absolute Gasteiger partial charge is 0.254 e. The van der Waals surface area contributed by atoms with Gasteiger partial charge in [0, 0.05) is 24.0 Å². The summed E-state index contributed by atoms with van der Waals surface area (Å²) in [5.74, 6) is 0.0408. The van der Waals surface area contributed by atoms with E-state index in [0.717, 1.165) is 40.5 Å². The van der Waals surface area contributed by atoms with E-state index in [0.29, 0.717) is 16.9 Å². The molecule has 1 aliphatic heterocycles. The molecular weight excluding hydrogens is 392 g/mol. The first-order valence-corrected chi connectivity index (χ1v) is 10.4. The largest absolute Gasteiger partial charge is 0.334 e. The van der Waals surface area contributed by atoms with Gasteiger partial charge in [-0.05, 0) is 60.1 Å². The van der Waals surface area contributed by atoms with Crippen molar-refractivity contribution in [3.63, 3.8) is 0 Å². The van der Waals surface area contributed by atoms with Gasteiger partial charge in [-0.25, -0.2) is 4.98 Å². The number of carbonyl (C=O) groups is 1. The number of hydrogen-bond acceptors (Lipinski definition) is 3. The van der Waals surface area contributed by atoms with Crippen LogP contribution in [0.25, 0.3) is 27.6 Å². The van der Waals surface area contributed by atoms with E-state index < -0.39 is 0 Å². The molecule has 0 aliphatic carbocycles. The van der Waals surface area contributed by atoms with Gasteiger partial charge in [0.25, 0.3) is 5.91 Å². The number of nitrogens with zero attached hydrogens (tertiary/aromatic N) is 3. The summed E-state index contributed by atoms with van der Waals surface area (Å²) < 4.78 is 2.53. The molecule has 6 heteroatoms. The summed E-state index contributed by atoms with van der Waals surface area (Å²) in [5, 5.41) is 0.945. The van der Waals surface area contributed by atoms with Crippen molar-refractivity contribution in [1.82, 2.24) is 19.3 Å². The minimum Gasteiger partial charge on any atom is -0.334 e. The molecule has 0 atom stereocenters. The van der Waals surface area contributed by atoms with E-state index >= 15 is 0 Å². The highest BCUT2D eigenvalue weighted by atomic mass is 32.1. The SMILES string of the molecule is O=C(c1ccc2c(c1)[nH]c(=S)n1c3ccccc3nc21)N1CCc2ccccc2C1. The highest BCUT2D eigenvalue weighted by Crippen LogP contribution is 2.26. The molecule has 1 amide bonds. The van der Waals surface area contributed by atoms with Crippen LogP contribution in [0.2, 0.25) is 0 Å². The van der Waals surface area contributed by atoms with Crippen LogP contribution in [0.15, 0.2) is 66.7 Å². The number of nitrogens with one attached hydrogen (secondary N) is 1. The van der Waals surface area contributed by atoms with Gasteiger partial charge in [-0.15, -0.1) is 0 Å². The Morgan fingerprint density at radius 1 is 1.00 bits per heavy atom. The molecule has 0 unspecified atom stereocenters. The van der Waals surface area contributed by atoms with Crippen molar-refractivity contribution in [2.45, 2.75) is 13.0 Å². The first-order chi connectivity index (χ1) is 14.7. The number of aromatic amines is 1. The number of H-pyrrole nitrogens is 1. The molecule has 5 aromatic rings. The van der Waals surface area contributed by atoms with Gasteiger partial charge in [-0.2, -0.15) is 0 Å². The third-order valence-corrected chi connectivity index (χ3v) is 6.22. The van der Waals surface area contributed by atoms with Gasteiger partial charge in [0.05, 0.1) is 16.6 Å². The Kier molecular flexibility index (Phi) is 3.76. The Bertz CT molecular complexity index is 1530. The molecule has 0 saturated carbocycles. The highest BCUT2D eigenvalue weighted by Gasteiger charge is 2.22. The number of amides is 1. The van der Waals surface area contributed by atoms with E-state index in [1.165, 1.54) is 11.1 Å². The Morgan fingerprint density at radius 3 is 2.70 bits per heavy atom. The van der Waals surface area contributed by atoms with Crippen LogP contribution in [0.4, 0.5) is 0 Å². The summed E-state index contributed by atoms with van der Waals surface area (Å²) in [6, 6.07) is 22.0. The van der Waals surface area contributed by atoms with E-state index in [-0.39, 0.29) is 5.91 Å². The van der Waals surface area contributed by atoms with E-state index in [1.807, 2.05) is 57.8 Å². The molecule has 2 aromatic heterocycles. The molecule has 5 nitrogen and oxygen atoms in total. The van der Waals surface area contributed by atoms with E-state index in [4.69, 9.17) is 17.2 Å². The summed E-state index contributed by atoms with van der Waals surface area (Å²) in [6.07, 6.45) is 0.888. The summed E-state index contributed by atoms with van der Waals surface area (Å²) in [4.78, 5) is 23.2. The van der Waals surface area contributed by atoms with Crippen molar-refractivity contribution in [1.29, 1.82) is 0 Å². The summed E-state index contributed by atoms with van der Waals surface area (Å²) in [7, 11) is 0. The number of para-hydroxylation sites is 2. The van der Waals surface area contributed by atoms with Crippen molar-refractivity contribution in [3.05, 3.63) is 88.2 Å². The second-order valence-electron chi connectivity index (χ2n) is 7.70. The standard InChI is InChI=1S/C24H18N4OS/c29-23(27-12-11-15-5-1-2-6-17(15)14-27)16-9-10-18-20(13-16)26-24(30)28-21-8-4-3-7-19(21)25-22(18)28/h1-10,13H,11-12,14H2,(H,26,30). The molecule has 0 radical (unpaired) electrons. The Labute approximate surface area is 177 Å². The predicted octanol–water partition coefficient (Wildman–Crippen LogP) is 4.90. The van der Waals surface area contributed by atoms with Crippen molar-refractivity contribution in [3.8, 4) is 0 Å². The normalized spacial score (nSPS) is 13.8. The van der Waals surface area contributed by atoms with Gasteiger partial charge in [0.1, 0.15) is 5.65 Å². The first-order valence-electron chi connectivity index (χ1n) is 9.98. The average molecular weight is 411 g/mol. The van der Waals surface area contributed by atoms with Crippen molar-refractivity contribution >= 4 is 45.7 Å². The lowest BCUT2D eigenvalue weighted by atomic mass is 9.99. The molecule has 3 heterocycles. The number of benzene rings is 3. The number of aromatic nitrogens is 3. The molecule has 146 valence electrons. The molecule has 6 rings (SSSR count). The fraction of sp³-hybridized carbons (Fsp3) is 0.125. The zero-order valence-electron chi connectivity index (χ0n) is 16.1. The number of fused-ring (bicyclic) bond motifs is 6. The van der Waals surface area contributed by atoms with E-state index in [2.05, 4.69) is 23.2 Å². The van der Waals surface area contributed by atoms with Gasteiger partial charge >= 0.3 is 0 Å². The van der Waals surface area contributed by atoms with Crippen molar-refractivity contribution < 1.29 is 4.79 Å². The minimum absolute atomic E-state index is 0.0408.